The Bertz CT molecular complexity index is 1360. The van der Waals surface area contributed by atoms with Crippen LogP contribution in [0, 0.1) is 6.92 Å². The number of aliphatic hydroxyl groups is 1. The van der Waals surface area contributed by atoms with Crippen LogP contribution in [0.15, 0.2) is 59.3 Å². The van der Waals surface area contributed by atoms with Crippen LogP contribution in [-0.4, -0.2) is 49.7 Å². The molecule has 0 radical (unpaired) electrons. The first-order valence-electron chi connectivity index (χ1n) is 11.2. The first-order chi connectivity index (χ1) is 17.0. The molecule has 2 aromatic carbocycles. The summed E-state index contributed by atoms with van der Waals surface area (Å²) in [6.45, 7) is 2.13. The van der Waals surface area contributed by atoms with E-state index in [0.29, 0.717) is 42.0 Å². The van der Waals surface area contributed by atoms with Crippen molar-refractivity contribution in [3.8, 4) is 11.4 Å². The third-order valence-corrected chi connectivity index (χ3v) is 5.89. The lowest BCUT2D eigenvalue weighted by atomic mass is 9.99. The van der Waals surface area contributed by atoms with Crippen LogP contribution in [0.25, 0.3) is 11.4 Å². The molecular weight excluding hydrogens is 446 g/mol. The Morgan fingerprint density at radius 2 is 1.97 bits per heavy atom. The maximum Gasteiger partial charge on any atom is 0.229 e. The number of aromatic nitrogens is 4. The molecule has 0 bridgehead atoms. The highest BCUT2D eigenvalue weighted by Gasteiger charge is 2.21. The number of anilines is 3. The van der Waals surface area contributed by atoms with Crippen molar-refractivity contribution >= 4 is 23.4 Å². The van der Waals surface area contributed by atoms with Crippen LogP contribution in [0.4, 0.5) is 17.5 Å². The Hall–Kier alpha value is -4.31. The molecule has 5 rings (SSSR count). The summed E-state index contributed by atoms with van der Waals surface area (Å²) < 4.78 is 5.15. The summed E-state index contributed by atoms with van der Waals surface area (Å²) in [5.74, 6) is 1.70. The smallest absolute Gasteiger partial charge is 0.229 e. The van der Waals surface area contributed by atoms with Crippen molar-refractivity contribution in [2.75, 3.05) is 24.3 Å². The molecule has 0 spiro atoms. The van der Waals surface area contributed by atoms with Crippen LogP contribution >= 0.6 is 0 Å². The quantitative estimate of drug-likeness (QED) is 0.372. The molecule has 2 aromatic heterocycles. The summed E-state index contributed by atoms with van der Waals surface area (Å²) in [5.41, 5.74) is 4.37. The number of fused-ring (bicyclic) bond motifs is 1. The number of aliphatic hydroxyl groups excluding tert-OH is 1. The monoisotopic (exact) mass is 471 g/mol. The van der Waals surface area contributed by atoms with Gasteiger partial charge in [-0.1, -0.05) is 41.6 Å². The van der Waals surface area contributed by atoms with Crippen molar-refractivity contribution in [3.63, 3.8) is 0 Å². The lowest BCUT2D eigenvalue weighted by Gasteiger charge is -2.25. The largest absolute Gasteiger partial charge is 0.394 e. The average Bonchev–Trinajstić information content (AvgIpc) is 3.30. The van der Waals surface area contributed by atoms with E-state index in [0.717, 1.165) is 22.4 Å². The zero-order chi connectivity index (χ0) is 24.4. The first kappa shape index (κ1) is 22.5. The summed E-state index contributed by atoms with van der Waals surface area (Å²) >= 11 is 0. The number of rotatable bonds is 7. The van der Waals surface area contributed by atoms with Crippen LogP contribution < -0.4 is 10.6 Å². The van der Waals surface area contributed by atoms with Gasteiger partial charge in [0, 0.05) is 32.4 Å². The number of carbonyl (C=O) groups excluding carboxylic acids is 1. The van der Waals surface area contributed by atoms with E-state index in [1.54, 1.807) is 25.1 Å². The second-order valence-corrected chi connectivity index (χ2v) is 8.42. The number of nitrogens with one attached hydrogen (secondary N) is 2. The Morgan fingerprint density at radius 1 is 1.14 bits per heavy atom. The molecule has 10 nitrogen and oxygen atoms in total. The molecule has 1 atom stereocenters. The number of hydrogen-bond acceptors (Lipinski definition) is 9. The fourth-order valence-electron chi connectivity index (χ4n) is 4.00. The average molecular weight is 472 g/mol. The van der Waals surface area contributed by atoms with Gasteiger partial charge in [0.15, 0.2) is 0 Å². The van der Waals surface area contributed by atoms with Gasteiger partial charge in [0.2, 0.25) is 23.6 Å². The summed E-state index contributed by atoms with van der Waals surface area (Å²) in [4.78, 5) is 27.1. The molecule has 3 heterocycles. The third-order valence-electron chi connectivity index (χ3n) is 5.89. The molecule has 0 unspecified atom stereocenters. The van der Waals surface area contributed by atoms with E-state index in [4.69, 9.17) is 4.52 Å². The molecule has 0 saturated heterocycles. The van der Waals surface area contributed by atoms with Gasteiger partial charge in [-0.15, -0.1) is 0 Å². The van der Waals surface area contributed by atoms with Gasteiger partial charge in [-0.25, -0.2) is 4.98 Å². The summed E-state index contributed by atoms with van der Waals surface area (Å²) in [6.07, 6.45) is 2.02. The Morgan fingerprint density at radius 3 is 2.71 bits per heavy atom. The van der Waals surface area contributed by atoms with Crippen molar-refractivity contribution in [1.29, 1.82) is 0 Å². The molecular formula is C25H25N7O3. The number of carbonyl (C=O) groups is 1. The molecule has 0 saturated carbocycles. The molecule has 35 heavy (non-hydrogen) atoms. The SMILES string of the molecule is Cc1nc(-c2cnc(Nc3ccc4c(c3)CN(C)C(=O)C4)nc2N[C@H](CO)c2ccccc2)no1. The maximum atomic E-state index is 12.0. The van der Waals surface area contributed by atoms with Crippen LogP contribution in [0.3, 0.4) is 0 Å². The Labute approximate surface area is 202 Å². The van der Waals surface area contributed by atoms with Crippen LogP contribution in [0.2, 0.25) is 0 Å². The van der Waals surface area contributed by atoms with Crippen LogP contribution in [0.5, 0.6) is 0 Å². The molecule has 3 N–H and O–H groups in total. The van der Waals surface area contributed by atoms with E-state index in [-0.39, 0.29) is 12.5 Å². The number of nitrogens with zero attached hydrogens (tertiary/aromatic N) is 5. The van der Waals surface area contributed by atoms with Gasteiger partial charge >= 0.3 is 0 Å². The van der Waals surface area contributed by atoms with E-state index < -0.39 is 6.04 Å². The maximum absolute atomic E-state index is 12.0. The Balaban J connectivity index is 1.46. The highest BCUT2D eigenvalue weighted by Crippen LogP contribution is 2.29. The predicted octanol–water partition coefficient (Wildman–Crippen LogP) is 3.24. The highest BCUT2D eigenvalue weighted by atomic mass is 16.5. The second kappa shape index (κ2) is 9.51. The fourth-order valence-corrected chi connectivity index (χ4v) is 4.00. The zero-order valence-electron chi connectivity index (χ0n) is 19.4. The van der Waals surface area contributed by atoms with Crippen molar-refractivity contribution in [3.05, 3.63) is 77.3 Å². The van der Waals surface area contributed by atoms with Gasteiger partial charge in [-0.2, -0.15) is 9.97 Å². The van der Waals surface area contributed by atoms with E-state index in [2.05, 4.69) is 30.7 Å². The van der Waals surface area contributed by atoms with Gasteiger partial charge in [-0.05, 0) is 28.8 Å². The molecule has 10 heteroatoms. The lowest BCUT2D eigenvalue weighted by molar-refractivity contribution is -0.130. The molecule has 0 aliphatic carbocycles. The van der Waals surface area contributed by atoms with Gasteiger partial charge in [0.25, 0.3) is 0 Å². The topological polar surface area (TPSA) is 129 Å². The lowest BCUT2D eigenvalue weighted by Crippen LogP contribution is -2.32. The minimum atomic E-state index is -0.400. The van der Waals surface area contributed by atoms with Gasteiger partial charge in [0.1, 0.15) is 5.82 Å². The fraction of sp³-hybridized carbons (Fsp3) is 0.240. The number of benzene rings is 2. The first-order valence-corrected chi connectivity index (χ1v) is 11.2. The van der Waals surface area contributed by atoms with Crippen LogP contribution in [0.1, 0.15) is 28.6 Å². The third kappa shape index (κ3) is 4.82. The van der Waals surface area contributed by atoms with E-state index in [9.17, 15) is 9.90 Å². The number of likely N-dealkylation sites (N-methyl/N-ethyl adjacent to an activating group) is 1. The summed E-state index contributed by atoms with van der Waals surface area (Å²) in [6, 6.07) is 15.1. The summed E-state index contributed by atoms with van der Waals surface area (Å²) in [7, 11) is 1.80. The minimum Gasteiger partial charge on any atom is -0.394 e. The van der Waals surface area contributed by atoms with E-state index in [1.807, 2.05) is 48.5 Å². The zero-order valence-corrected chi connectivity index (χ0v) is 19.4. The molecule has 178 valence electrons. The highest BCUT2D eigenvalue weighted by molar-refractivity contribution is 5.81. The predicted molar refractivity (Wildman–Crippen MR) is 130 cm³/mol. The molecule has 1 amide bonds. The second-order valence-electron chi connectivity index (χ2n) is 8.42. The molecule has 1 aliphatic heterocycles. The molecule has 4 aromatic rings. The van der Waals surface area contributed by atoms with Crippen molar-refractivity contribution in [1.82, 2.24) is 25.0 Å². The van der Waals surface area contributed by atoms with Crippen molar-refractivity contribution in [2.45, 2.75) is 25.9 Å². The van der Waals surface area contributed by atoms with Crippen LogP contribution in [-0.2, 0) is 17.8 Å². The van der Waals surface area contributed by atoms with Gasteiger partial charge < -0.3 is 25.2 Å². The minimum absolute atomic E-state index is 0.112. The van der Waals surface area contributed by atoms with Gasteiger partial charge in [0.05, 0.1) is 24.6 Å². The normalized spacial score (nSPS) is 13.9. The van der Waals surface area contributed by atoms with E-state index in [1.165, 1.54) is 0 Å². The molecule has 1 aliphatic rings. The van der Waals surface area contributed by atoms with Crippen molar-refractivity contribution < 1.29 is 14.4 Å². The molecule has 0 fully saturated rings. The standard InChI is InChI=1S/C25H25N7O3/c1-15-27-24(31-35-15)20-12-26-25(30-23(20)29-21(14-33)16-6-4-3-5-7-16)28-19-9-8-17-11-22(34)32(2)13-18(17)10-19/h3-10,12,21,33H,11,13-14H2,1-2H3,(H2,26,28,29,30)/t21-/m1/s1. The van der Waals surface area contributed by atoms with Gasteiger partial charge in [-0.3, -0.25) is 4.79 Å². The van der Waals surface area contributed by atoms with E-state index >= 15 is 0 Å². The number of aryl methyl sites for hydroxylation is 1. The Kier molecular flexibility index (Phi) is 6.11. The number of hydrogen-bond donors (Lipinski definition) is 3. The van der Waals surface area contributed by atoms with Crippen molar-refractivity contribution in [2.24, 2.45) is 0 Å². The number of amides is 1. The summed E-state index contributed by atoms with van der Waals surface area (Å²) in [5, 5.41) is 20.6.